The van der Waals surface area contributed by atoms with Crippen LogP contribution in [0.5, 0.6) is 0 Å². The molecular formula is C18H27N5O. The predicted molar refractivity (Wildman–Crippen MR) is 92.6 cm³/mol. The first-order valence-electron chi connectivity index (χ1n) is 8.86. The summed E-state index contributed by atoms with van der Waals surface area (Å²) in [6, 6.07) is 4.08. The average Bonchev–Trinajstić information content (AvgIpc) is 3.26. The van der Waals surface area contributed by atoms with Crippen molar-refractivity contribution in [2.75, 3.05) is 13.1 Å². The molecule has 1 amide bonds. The van der Waals surface area contributed by atoms with Crippen molar-refractivity contribution in [2.24, 2.45) is 5.92 Å². The maximum absolute atomic E-state index is 12.6. The highest BCUT2D eigenvalue weighted by molar-refractivity contribution is 5.78. The first-order chi connectivity index (χ1) is 11.5. The van der Waals surface area contributed by atoms with E-state index in [1.807, 2.05) is 28.8 Å². The van der Waals surface area contributed by atoms with E-state index in [2.05, 4.69) is 35.2 Å². The Morgan fingerprint density at radius 2 is 2.08 bits per heavy atom. The van der Waals surface area contributed by atoms with Crippen LogP contribution < -0.4 is 0 Å². The molecule has 1 saturated heterocycles. The van der Waals surface area contributed by atoms with Crippen LogP contribution in [0.1, 0.15) is 56.8 Å². The zero-order chi connectivity index (χ0) is 17.1. The van der Waals surface area contributed by atoms with Crippen LogP contribution in [0.4, 0.5) is 0 Å². The molecule has 1 atom stereocenters. The van der Waals surface area contributed by atoms with Crippen molar-refractivity contribution in [3.05, 3.63) is 35.9 Å². The number of hydrogen-bond donors (Lipinski definition) is 1. The van der Waals surface area contributed by atoms with Gasteiger partial charge < -0.3 is 4.90 Å². The molecule has 130 valence electrons. The zero-order valence-electron chi connectivity index (χ0n) is 14.8. The van der Waals surface area contributed by atoms with Crippen molar-refractivity contribution in [2.45, 2.75) is 52.0 Å². The molecule has 0 bridgehead atoms. The van der Waals surface area contributed by atoms with Gasteiger partial charge in [-0.05, 0) is 30.9 Å². The van der Waals surface area contributed by atoms with Crippen LogP contribution in [-0.4, -0.2) is 43.9 Å². The van der Waals surface area contributed by atoms with Gasteiger partial charge in [0.1, 0.15) is 0 Å². The summed E-state index contributed by atoms with van der Waals surface area (Å²) in [5.74, 6) is 1.12. The fraction of sp³-hybridized carbons (Fsp3) is 0.611. The van der Waals surface area contributed by atoms with Crippen LogP contribution in [0.15, 0.2) is 24.5 Å². The largest absolute Gasteiger partial charge is 0.342 e. The molecule has 2 aromatic heterocycles. The van der Waals surface area contributed by atoms with E-state index >= 15 is 0 Å². The molecule has 1 aliphatic heterocycles. The summed E-state index contributed by atoms with van der Waals surface area (Å²) in [7, 11) is 0. The van der Waals surface area contributed by atoms with Crippen LogP contribution in [0.3, 0.4) is 0 Å². The van der Waals surface area contributed by atoms with Crippen molar-refractivity contribution >= 4 is 5.91 Å². The van der Waals surface area contributed by atoms with E-state index in [-0.39, 0.29) is 11.8 Å². The lowest BCUT2D eigenvalue weighted by molar-refractivity contribution is -0.136. The molecule has 6 heteroatoms. The van der Waals surface area contributed by atoms with Crippen molar-refractivity contribution in [1.29, 1.82) is 0 Å². The average molecular weight is 329 g/mol. The number of nitrogens with zero attached hydrogens (tertiary/aromatic N) is 4. The SMILES string of the molecule is CC(Cn1cccn1)C(=O)N1CCC(c2cc(C(C)C)n[nH]2)CC1. The third-order valence-electron chi connectivity index (χ3n) is 4.90. The second kappa shape index (κ2) is 7.20. The molecule has 0 spiro atoms. The number of carbonyl (C=O) groups excluding carboxylic acids is 1. The standard InChI is InChI=1S/C18H27N5O/c1-13(2)16-11-17(21-20-16)15-5-9-22(10-6-15)18(24)14(3)12-23-8-4-7-19-23/h4,7-8,11,13-15H,5-6,9-10,12H2,1-3H3,(H,20,21). The minimum absolute atomic E-state index is 0.0406. The first-order valence-corrected chi connectivity index (χ1v) is 8.86. The van der Waals surface area contributed by atoms with Gasteiger partial charge in [-0.3, -0.25) is 14.6 Å². The lowest BCUT2D eigenvalue weighted by atomic mass is 9.92. The number of likely N-dealkylation sites (tertiary alicyclic amines) is 1. The number of nitrogens with one attached hydrogen (secondary N) is 1. The molecule has 3 rings (SSSR count). The van der Waals surface area contributed by atoms with Crippen molar-refractivity contribution in [3.8, 4) is 0 Å². The Morgan fingerprint density at radius 3 is 2.67 bits per heavy atom. The number of piperidine rings is 1. The lowest BCUT2D eigenvalue weighted by Crippen LogP contribution is -2.41. The molecule has 0 saturated carbocycles. The third-order valence-corrected chi connectivity index (χ3v) is 4.90. The van der Waals surface area contributed by atoms with E-state index in [9.17, 15) is 4.79 Å². The van der Waals surface area contributed by atoms with Gasteiger partial charge in [0.15, 0.2) is 0 Å². The molecule has 3 heterocycles. The first kappa shape index (κ1) is 16.7. The quantitative estimate of drug-likeness (QED) is 0.917. The van der Waals surface area contributed by atoms with Crippen LogP contribution in [0.2, 0.25) is 0 Å². The maximum Gasteiger partial charge on any atom is 0.227 e. The Kier molecular flexibility index (Phi) is 5.02. The molecule has 1 fully saturated rings. The molecule has 0 aliphatic carbocycles. The number of hydrogen-bond acceptors (Lipinski definition) is 3. The van der Waals surface area contributed by atoms with E-state index < -0.39 is 0 Å². The van der Waals surface area contributed by atoms with Gasteiger partial charge in [-0.15, -0.1) is 0 Å². The highest BCUT2D eigenvalue weighted by Crippen LogP contribution is 2.29. The summed E-state index contributed by atoms with van der Waals surface area (Å²) in [6.45, 7) is 8.58. The Morgan fingerprint density at radius 1 is 1.33 bits per heavy atom. The highest BCUT2D eigenvalue weighted by Gasteiger charge is 2.27. The normalized spacial score (nSPS) is 17.4. The van der Waals surface area contributed by atoms with E-state index in [1.165, 1.54) is 5.69 Å². The number of rotatable bonds is 5. The molecule has 1 unspecified atom stereocenters. The fourth-order valence-corrected chi connectivity index (χ4v) is 3.35. The summed E-state index contributed by atoms with van der Waals surface area (Å²) in [5, 5.41) is 11.8. The van der Waals surface area contributed by atoms with Crippen LogP contribution in [-0.2, 0) is 11.3 Å². The Bertz CT molecular complexity index is 653. The van der Waals surface area contributed by atoms with Gasteiger partial charge in [0, 0.05) is 37.1 Å². The second-order valence-corrected chi connectivity index (χ2v) is 7.13. The van der Waals surface area contributed by atoms with Gasteiger partial charge in [0.05, 0.1) is 18.2 Å². The van der Waals surface area contributed by atoms with Gasteiger partial charge in [0.2, 0.25) is 5.91 Å². The van der Waals surface area contributed by atoms with E-state index in [0.717, 1.165) is 31.6 Å². The van der Waals surface area contributed by atoms with E-state index in [0.29, 0.717) is 18.4 Å². The number of carbonyl (C=O) groups is 1. The van der Waals surface area contributed by atoms with Gasteiger partial charge in [0.25, 0.3) is 0 Å². The zero-order valence-corrected chi connectivity index (χ0v) is 14.8. The molecule has 24 heavy (non-hydrogen) atoms. The van der Waals surface area contributed by atoms with Crippen LogP contribution in [0.25, 0.3) is 0 Å². The summed E-state index contributed by atoms with van der Waals surface area (Å²) in [5.41, 5.74) is 2.34. The predicted octanol–water partition coefficient (Wildman–Crippen LogP) is 2.77. The molecule has 0 radical (unpaired) electrons. The summed E-state index contributed by atoms with van der Waals surface area (Å²) in [6.07, 6.45) is 5.65. The topological polar surface area (TPSA) is 66.8 Å². The number of H-pyrrole nitrogens is 1. The third kappa shape index (κ3) is 3.68. The Hall–Kier alpha value is -2.11. The lowest BCUT2D eigenvalue weighted by Gasteiger charge is -2.33. The summed E-state index contributed by atoms with van der Waals surface area (Å²) < 4.78 is 1.83. The number of amides is 1. The highest BCUT2D eigenvalue weighted by atomic mass is 16.2. The summed E-state index contributed by atoms with van der Waals surface area (Å²) in [4.78, 5) is 14.6. The molecule has 0 aromatic carbocycles. The number of aromatic amines is 1. The molecule has 1 N–H and O–H groups in total. The smallest absolute Gasteiger partial charge is 0.227 e. The van der Waals surface area contributed by atoms with Gasteiger partial charge >= 0.3 is 0 Å². The molecule has 2 aromatic rings. The fourth-order valence-electron chi connectivity index (χ4n) is 3.35. The minimum Gasteiger partial charge on any atom is -0.342 e. The monoisotopic (exact) mass is 329 g/mol. The van der Waals surface area contributed by atoms with Gasteiger partial charge in [-0.25, -0.2) is 0 Å². The van der Waals surface area contributed by atoms with Crippen molar-refractivity contribution in [1.82, 2.24) is 24.9 Å². The van der Waals surface area contributed by atoms with E-state index in [1.54, 1.807) is 6.20 Å². The molecular weight excluding hydrogens is 302 g/mol. The van der Waals surface area contributed by atoms with Crippen LogP contribution >= 0.6 is 0 Å². The Labute approximate surface area is 143 Å². The molecule has 6 nitrogen and oxygen atoms in total. The molecule has 1 aliphatic rings. The maximum atomic E-state index is 12.6. The minimum atomic E-state index is -0.0406. The van der Waals surface area contributed by atoms with Gasteiger partial charge in [-0.2, -0.15) is 10.2 Å². The van der Waals surface area contributed by atoms with Crippen molar-refractivity contribution in [3.63, 3.8) is 0 Å². The van der Waals surface area contributed by atoms with E-state index in [4.69, 9.17) is 0 Å². The second-order valence-electron chi connectivity index (χ2n) is 7.13. The Balaban J connectivity index is 1.53. The van der Waals surface area contributed by atoms with Crippen molar-refractivity contribution < 1.29 is 4.79 Å². The van der Waals surface area contributed by atoms with Crippen LogP contribution in [0, 0.1) is 5.92 Å². The van der Waals surface area contributed by atoms with Gasteiger partial charge in [-0.1, -0.05) is 20.8 Å². The number of aromatic nitrogens is 4. The summed E-state index contributed by atoms with van der Waals surface area (Å²) >= 11 is 0.